The third-order valence-corrected chi connectivity index (χ3v) is 2.41. The van der Waals surface area contributed by atoms with Gasteiger partial charge < -0.3 is 10.7 Å². The number of aromatic amines is 1. The quantitative estimate of drug-likeness (QED) is 0.786. The number of aromatic nitrogens is 1. The lowest BCUT2D eigenvalue weighted by Gasteiger charge is -1.99. The first kappa shape index (κ1) is 11.1. The van der Waals surface area contributed by atoms with Gasteiger partial charge >= 0.3 is 0 Å². The van der Waals surface area contributed by atoms with E-state index in [1.54, 1.807) is 0 Å². The fraction of sp³-hybridized carbons (Fsp3) is 0.273. The Morgan fingerprint density at radius 1 is 1.36 bits per heavy atom. The van der Waals surface area contributed by atoms with Crippen LogP contribution in [-0.4, -0.2) is 11.5 Å². The number of hydrogen-bond acceptors (Lipinski definition) is 1. The Balaban J connectivity index is 0.000000980. The molecule has 0 spiro atoms. The van der Waals surface area contributed by atoms with E-state index in [1.165, 1.54) is 22.0 Å². The second-order valence-corrected chi connectivity index (χ2v) is 3.35. The molecule has 76 valence electrons. The van der Waals surface area contributed by atoms with Crippen molar-refractivity contribution in [1.82, 2.24) is 4.98 Å². The Morgan fingerprint density at radius 2 is 2.14 bits per heavy atom. The molecule has 0 atom stereocenters. The zero-order valence-electron chi connectivity index (χ0n) is 8.21. The summed E-state index contributed by atoms with van der Waals surface area (Å²) in [6.07, 6.45) is 3.01. The fourth-order valence-electron chi connectivity index (χ4n) is 1.80. The normalized spacial score (nSPS) is 10.1. The Hall–Kier alpha value is -0.990. The summed E-state index contributed by atoms with van der Waals surface area (Å²) in [5, 5.41) is 1.34. The highest BCUT2D eigenvalue weighted by atomic mass is 35.5. The van der Waals surface area contributed by atoms with Crippen LogP contribution in [0.1, 0.15) is 11.1 Å². The lowest BCUT2D eigenvalue weighted by molar-refractivity contribution is 0.976. The molecule has 3 N–H and O–H groups in total. The summed E-state index contributed by atoms with van der Waals surface area (Å²) < 4.78 is 0. The highest BCUT2D eigenvalue weighted by Gasteiger charge is 2.03. The molecule has 0 bridgehead atoms. The first-order valence-electron chi connectivity index (χ1n) is 4.58. The number of rotatable bonds is 2. The van der Waals surface area contributed by atoms with Gasteiger partial charge in [0, 0.05) is 17.1 Å². The number of nitrogens with two attached hydrogens (primary N) is 1. The van der Waals surface area contributed by atoms with Gasteiger partial charge in [-0.3, -0.25) is 0 Å². The van der Waals surface area contributed by atoms with Crippen LogP contribution in [0.5, 0.6) is 0 Å². The maximum Gasteiger partial charge on any atom is 0.0459 e. The van der Waals surface area contributed by atoms with Gasteiger partial charge in [0.1, 0.15) is 0 Å². The minimum atomic E-state index is 0. The van der Waals surface area contributed by atoms with Crippen molar-refractivity contribution < 1.29 is 0 Å². The Labute approximate surface area is 89.9 Å². The van der Waals surface area contributed by atoms with Crippen molar-refractivity contribution in [3.8, 4) is 0 Å². The van der Waals surface area contributed by atoms with Crippen LogP contribution in [0.3, 0.4) is 0 Å². The second kappa shape index (κ2) is 4.49. The van der Waals surface area contributed by atoms with Crippen molar-refractivity contribution in [3.05, 3.63) is 35.5 Å². The number of nitrogens with one attached hydrogen (secondary N) is 1. The van der Waals surface area contributed by atoms with E-state index >= 15 is 0 Å². The molecule has 2 aromatic rings. The molecule has 1 aromatic heterocycles. The smallest absolute Gasteiger partial charge is 0.0459 e. The minimum Gasteiger partial charge on any atom is -0.361 e. The molecule has 1 aromatic carbocycles. The highest BCUT2D eigenvalue weighted by Crippen LogP contribution is 2.21. The minimum absolute atomic E-state index is 0. The van der Waals surface area contributed by atoms with E-state index in [0.717, 1.165) is 6.42 Å². The molecule has 0 amide bonds. The van der Waals surface area contributed by atoms with Gasteiger partial charge in [-0.2, -0.15) is 0 Å². The van der Waals surface area contributed by atoms with Crippen molar-refractivity contribution in [2.45, 2.75) is 13.3 Å². The molecule has 0 radical (unpaired) electrons. The van der Waals surface area contributed by atoms with Gasteiger partial charge in [-0.15, -0.1) is 12.4 Å². The highest BCUT2D eigenvalue weighted by molar-refractivity contribution is 5.86. The van der Waals surface area contributed by atoms with Crippen molar-refractivity contribution in [2.24, 2.45) is 5.73 Å². The molecule has 2 nitrogen and oxygen atoms in total. The number of halogens is 1. The predicted molar refractivity (Wildman–Crippen MR) is 63.0 cm³/mol. The van der Waals surface area contributed by atoms with Gasteiger partial charge in [-0.1, -0.05) is 12.1 Å². The third-order valence-electron chi connectivity index (χ3n) is 2.41. The van der Waals surface area contributed by atoms with Crippen LogP contribution >= 0.6 is 12.4 Å². The Morgan fingerprint density at radius 3 is 2.86 bits per heavy atom. The van der Waals surface area contributed by atoms with Crippen LogP contribution in [0, 0.1) is 6.92 Å². The number of benzene rings is 1. The maximum atomic E-state index is 5.55. The average molecular weight is 211 g/mol. The van der Waals surface area contributed by atoms with Gasteiger partial charge in [0.15, 0.2) is 0 Å². The molecule has 0 fully saturated rings. The van der Waals surface area contributed by atoms with Crippen molar-refractivity contribution in [3.63, 3.8) is 0 Å². The van der Waals surface area contributed by atoms with E-state index in [2.05, 4.69) is 36.3 Å². The van der Waals surface area contributed by atoms with Crippen molar-refractivity contribution in [2.75, 3.05) is 6.54 Å². The Bertz CT molecular complexity index is 420. The molecule has 14 heavy (non-hydrogen) atoms. The summed E-state index contributed by atoms with van der Waals surface area (Å²) in [5.74, 6) is 0. The topological polar surface area (TPSA) is 41.8 Å². The van der Waals surface area contributed by atoms with Gasteiger partial charge in [-0.05, 0) is 37.1 Å². The number of aryl methyl sites for hydroxylation is 1. The van der Waals surface area contributed by atoms with Crippen LogP contribution in [0.4, 0.5) is 0 Å². The molecule has 2 rings (SSSR count). The van der Waals surface area contributed by atoms with Crippen molar-refractivity contribution >= 4 is 23.3 Å². The third kappa shape index (κ3) is 1.76. The Kier molecular flexibility index (Phi) is 3.55. The van der Waals surface area contributed by atoms with E-state index in [4.69, 9.17) is 5.73 Å². The lowest BCUT2D eigenvalue weighted by atomic mass is 10.1. The standard InChI is InChI=1S/C11H14N2.ClH/c1-8-3-2-4-10-11(8)9(5-6-12)7-13-10;/h2-4,7,13H,5-6,12H2,1H3;1H. The van der Waals surface area contributed by atoms with Crippen LogP contribution < -0.4 is 5.73 Å². The summed E-state index contributed by atoms with van der Waals surface area (Å²) in [7, 11) is 0. The monoisotopic (exact) mass is 210 g/mol. The van der Waals surface area contributed by atoms with Gasteiger partial charge in [0.05, 0.1) is 0 Å². The zero-order valence-corrected chi connectivity index (χ0v) is 9.03. The zero-order chi connectivity index (χ0) is 9.26. The van der Waals surface area contributed by atoms with Crippen molar-refractivity contribution in [1.29, 1.82) is 0 Å². The van der Waals surface area contributed by atoms with E-state index in [1.807, 2.05) is 0 Å². The summed E-state index contributed by atoms with van der Waals surface area (Å²) in [6.45, 7) is 2.84. The van der Waals surface area contributed by atoms with Crippen LogP contribution in [0.25, 0.3) is 10.9 Å². The number of hydrogen-bond donors (Lipinski definition) is 2. The van der Waals surface area contributed by atoms with Crippen LogP contribution in [-0.2, 0) is 6.42 Å². The van der Waals surface area contributed by atoms with Gasteiger partial charge in [0.25, 0.3) is 0 Å². The molecule has 0 aliphatic carbocycles. The summed E-state index contributed by atoms with van der Waals surface area (Å²) in [5.41, 5.74) is 9.41. The predicted octanol–water partition coefficient (Wildman–Crippen LogP) is 2.40. The summed E-state index contributed by atoms with van der Waals surface area (Å²) in [6, 6.07) is 6.30. The number of fused-ring (bicyclic) bond motifs is 1. The molecule has 0 aliphatic heterocycles. The lowest BCUT2D eigenvalue weighted by Crippen LogP contribution is -2.02. The van der Waals surface area contributed by atoms with Gasteiger partial charge in [0.2, 0.25) is 0 Å². The molecule has 0 aliphatic rings. The fourth-order valence-corrected chi connectivity index (χ4v) is 1.80. The largest absolute Gasteiger partial charge is 0.361 e. The number of H-pyrrole nitrogens is 1. The van der Waals surface area contributed by atoms with Crippen LogP contribution in [0.2, 0.25) is 0 Å². The molecular weight excluding hydrogens is 196 g/mol. The summed E-state index contributed by atoms with van der Waals surface area (Å²) in [4.78, 5) is 3.26. The molecule has 0 saturated carbocycles. The average Bonchev–Trinajstić information content (AvgIpc) is 2.51. The van der Waals surface area contributed by atoms with E-state index in [-0.39, 0.29) is 12.4 Å². The summed E-state index contributed by atoms with van der Waals surface area (Å²) >= 11 is 0. The second-order valence-electron chi connectivity index (χ2n) is 3.35. The van der Waals surface area contributed by atoms with E-state index < -0.39 is 0 Å². The van der Waals surface area contributed by atoms with Crippen LogP contribution in [0.15, 0.2) is 24.4 Å². The first-order valence-corrected chi connectivity index (χ1v) is 4.58. The maximum absolute atomic E-state index is 5.55. The molecule has 3 heteroatoms. The van der Waals surface area contributed by atoms with E-state index in [0.29, 0.717) is 6.54 Å². The molecular formula is C11H15ClN2. The SMILES string of the molecule is Cc1cccc2[nH]cc(CCN)c12.Cl. The first-order chi connectivity index (χ1) is 6.33. The molecule has 0 saturated heterocycles. The van der Waals surface area contributed by atoms with Gasteiger partial charge in [-0.25, -0.2) is 0 Å². The molecule has 0 unspecified atom stereocenters. The van der Waals surface area contributed by atoms with E-state index in [9.17, 15) is 0 Å². The molecule has 1 heterocycles.